The number of hydrogen-bond acceptors (Lipinski definition) is 5. The second kappa shape index (κ2) is 6.88. The summed E-state index contributed by atoms with van der Waals surface area (Å²) in [4.78, 5) is 11.4. The minimum absolute atomic E-state index is 0.153. The zero-order valence-corrected chi connectivity index (χ0v) is 9.72. The average Bonchev–Trinajstić information content (AvgIpc) is 2.32. The van der Waals surface area contributed by atoms with E-state index in [1.165, 1.54) is 0 Å². The topological polar surface area (TPSA) is 78.8 Å². The Balaban J connectivity index is 2.53. The van der Waals surface area contributed by atoms with Crippen molar-refractivity contribution in [2.45, 2.75) is 19.5 Å². The molecule has 1 aromatic rings. The first kappa shape index (κ1) is 13.5. The first-order chi connectivity index (χ1) is 8.19. The van der Waals surface area contributed by atoms with Gasteiger partial charge in [0.2, 0.25) is 0 Å². The summed E-state index contributed by atoms with van der Waals surface area (Å²) in [5.74, 6) is -0.342. The van der Waals surface area contributed by atoms with Gasteiger partial charge < -0.3 is 14.9 Å². The first-order valence-corrected chi connectivity index (χ1v) is 5.46. The summed E-state index contributed by atoms with van der Waals surface area (Å²) in [5.41, 5.74) is 0.662. The number of aliphatic hydroxyl groups excluding tert-OH is 1. The smallest absolute Gasteiger partial charge is 0.325 e. The quantitative estimate of drug-likeness (QED) is 0.626. The van der Waals surface area contributed by atoms with Crippen LogP contribution in [0.2, 0.25) is 0 Å². The van der Waals surface area contributed by atoms with Crippen molar-refractivity contribution < 1.29 is 19.7 Å². The van der Waals surface area contributed by atoms with Crippen molar-refractivity contribution >= 4 is 5.97 Å². The summed E-state index contributed by atoms with van der Waals surface area (Å²) in [5, 5.41) is 21.4. The van der Waals surface area contributed by atoms with Crippen molar-refractivity contribution in [1.82, 2.24) is 5.32 Å². The highest BCUT2D eigenvalue weighted by Crippen LogP contribution is 2.15. The minimum Gasteiger partial charge on any atom is -0.508 e. The van der Waals surface area contributed by atoms with E-state index >= 15 is 0 Å². The molecule has 1 rings (SSSR count). The molecular weight excluding hydrogens is 222 g/mol. The number of rotatable bonds is 6. The number of phenols is 1. The fourth-order valence-corrected chi connectivity index (χ4v) is 1.36. The van der Waals surface area contributed by atoms with E-state index in [4.69, 9.17) is 9.84 Å². The largest absolute Gasteiger partial charge is 0.508 e. The third kappa shape index (κ3) is 4.05. The predicted octanol–water partition coefficient (Wildman–Crippen LogP) is 0.406. The van der Waals surface area contributed by atoms with Gasteiger partial charge in [-0.1, -0.05) is 18.2 Å². The van der Waals surface area contributed by atoms with E-state index in [0.717, 1.165) is 0 Å². The lowest BCUT2D eigenvalue weighted by Crippen LogP contribution is -2.40. The molecule has 0 aromatic heterocycles. The van der Waals surface area contributed by atoms with Gasteiger partial charge in [0.25, 0.3) is 0 Å². The van der Waals surface area contributed by atoms with Gasteiger partial charge in [-0.25, -0.2) is 0 Å². The van der Waals surface area contributed by atoms with E-state index < -0.39 is 12.0 Å². The van der Waals surface area contributed by atoms with Crippen molar-refractivity contribution in [3.05, 3.63) is 29.8 Å². The number of para-hydroxylation sites is 1. The van der Waals surface area contributed by atoms with Gasteiger partial charge in [-0.3, -0.25) is 10.1 Å². The highest BCUT2D eigenvalue weighted by Gasteiger charge is 2.18. The average molecular weight is 239 g/mol. The molecule has 0 saturated carbocycles. The van der Waals surface area contributed by atoms with Crippen LogP contribution in [-0.2, 0) is 16.1 Å². The number of carbonyl (C=O) groups is 1. The van der Waals surface area contributed by atoms with Crippen LogP contribution in [0.1, 0.15) is 12.5 Å². The number of aliphatic hydroxyl groups is 1. The van der Waals surface area contributed by atoms with Gasteiger partial charge in [-0.15, -0.1) is 0 Å². The number of benzene rings is 1. The molecular formula is C12H17NO4. The summed E-state index contributed by atoms with van der Waals surface area (Å²) in [6.45, 7) is 1.92. The van der Waals surface area contributed by atoms with Crippen molar-refractivity contribution in [2.75, 3.05) is 13.2 Å². The molecule has 3 N–H and O–H groups in total. The molecule has 0 aliphatic rings. The minimum atomic E-state index is -0.769. The van der Waals surface area contributed by atoms with Gasteiger partial charge in [-0.05, 0) is 13.0 Å². The maximum atomic E-state index is 11.4. The third-order valence-corrected chi connectivity index (χ3v) is 2.28. The fourth-order valence-electron chi connectivity index (χ4n) is 1.36. The molecule has 0 saturated heterocycles. The van der Waals surface area contributed by atoms with Crippen LogP contribution < -0.4 is 5.32 Å². The molecule has 0 amide bonds. The molecule has 0 radical (unpaired) electrons. The van der Waals surface area contributed by atoms with Gasteiger partial charge in [0.15, 0.2) is 0 Å². The third-order valence-electron chi connectivity index (χ3n) is 2.28. The maximum absolute atomic E-state index is 11.4. The summed E-state index contributed by atoms with van der Waals surface area (Å²) in [6, 6.07) is 6.04. The summed E-state index contributed by atoms with van der Waals surface area (Å²) in [7, 11) is 0. The molecule has 0 unspecified atom stereocenters. The van der Waals surface area contributed by atoms with E-state index in [0.29, 0.717) is 5.56 Å². The van der Waals surface area contributed by atoms with E-state index in [1.807, 2.05) is 0 Å². The Labute approximate surface area is 100 Å². The monoisotopic (exact) mass is 239 g/mol. The number of esters is 1. The van der Waals surface area contributed by atoms with E-state index in [9.17, 15) is 9.90 Å². The van der Waals surface area contributed by atoms with Crippen LogP contribution in [0.15, 0.2) is 24.3 Å². The summed E-state index contributed by atoms with van der Waals surface area (Å²) < 4.78 is 4.79. The molecule has 94 valence electrons. The van der Waals surface area contributed by atoms with Crippen molar-refractivity contribution in [3.63, 3.8) is 0 Å². The zero-order chi connectivity index (χ0) is 12.7. The Kier molecular flexibility index (Phi) is 5.45. The normalized spacial score (nSPS) is 12.1. The van der Waals surface area contributed by atoms with Crippen molar-refractivity contribution in [1.29, 1.82) is 0 Å². The molecule has 5 heteroatoms. The van der Waals surface area contributed by atoms with Gasteiger partial charge in [0.05, 0.1) is 13.2 Å². The van der Waals surface area contributed by atoms with Gasteiger partial charge in [0.1, 0.15) is 11.8 Å². The molecule has 0 aliphatic carbocycles. The summed E-state index contributed by atoms with van der Waals surface area (Å²) >= 11 is 0. The maximum Gasteiger partial charge on any atom is 0.325 e. The Hall–Kier alpha value is -1.59. The van der Waals surface area contributed by atoms with Crippen LogP contribution in [-0.4, -0.2) is 35.4 Å². The number of carbonyl (C=O) groups excluding carboxylic acids is 1. The van der Waals surface area contributed by atoms with Crippen molar-refractivity contribution in [2.24, 2.45) is 0 Å². The number of hydrogen-bond donors (Lipinski definition) is 3. The Morgan fingerprint density at radius 2 is 2.18 bits per heavy atom. The van der Waals surface area contributed by atoms with Crippen LogP contribution in [0, 0.1) is 0 Å². The van der Waals surface area contributed by atoms with Crippen LogP contribution >= 0.6 is 0 Å². The Morgan fingerprint density at radius 3 is 2.76 bits per heavy atom. The molecule has 0 fully saturated rings. The number of phenolic OH excluding ortho intramolecular Hbond substituents is 1. The highest BCUT2D eigenvalue weighted by atomic mass is 16.5. The van der Waals surface area contributed by atoms with E-state index in [1.54, 1.807) is 31.2 Å². The second-order valence-electron chi connectivity index (χ2n) is 3.50. The number of nitrogens with one attached hydrogen (secondary N) is 1. The standard InChI is InChI=1S/C12H17NO4/c1-2-17-12(16)10(8-14)13-7-9-5-3-4-6-11(9)15/h3-6,10,13-15H,2,7-8H2,1H3/t10-/m0/s1. The molecule has 0 bridgehead atoms. The van der Waals surface area contributed by atoms with Crippen LogP contribution in [0.25, 0.3) is 0 Å². The highest BCUT2D eigenvalue weighted by molar-refractivity contribution is 5.75. The Bertz CT molecular complexity index is 367. The van der Waals surface area contributed by atoms with Gasteiger partial charge in [-0.2, -0.15) is 0 Å². The van der Waals surface area contributed by atoms with Crippen LogP contribution in [0.5, 0.6) is 5.75 Å². The van der Waals surface area contributed by atoms with Crippen LogP contribution in [0.4, 0.5) is 0 Å². The van der Waals surface area contributed by atoms with Crippen molar-refractivity contribution in [3.8, 4) is 5.75 Å². The van der Waals surface area contributed by atoms with Crippen LogP contribution in [0.3, 0.4) is 0 Å². The second-order valence-corrected chi connectivity index (χ2v) is 3.50. The van der Waals surface area contributed by atoms with E-state index in [2.05, 4.69) is 5.32 Å². The lowest BCUT2D eigenvalue weighted by atomic mass is 10.2. The SMILES string of the molecule is CCOC(=O)[C@H](CO)NCc1ccccc1O. The summed E-state index contributed by atoms with van der Waals surface area (Å²) in [6.07, 6.45) is 0. The fraction of sp³-hybridized carbons (Fsp3) is 0.417. The molecule has 0 heterocycles. The predicted molar refractivity (Wildman–Crippen MR) is 62.5 cm³/mol. The van der Waals surface area contributed by atoms with Gasteiger partial charge in [0, 0.05) is 12.1 Å². The number of ether oxygens (including phenoxy) is 1. The number of aromatic hydroxyl groups is 1. The zero-order valence-electron chi connectivity index (χ0n) is 9.72. The molecule has 0 aliphatic heterocycles. The first-order valence-electron chi connectivity index (χ1n) is 5.46. The van der Waals surface area contributed by atoms with E-state index in [-0.39, 0.29) is 25.5 Å². The molecule has 1 atom stereocenters. The molecule has 1 aromatic carbocycles. The molecule has 17 heavy (non-hydrogen) atoms. The van der Waals surface area contributed by atoms with Gasteiger partial charge >= 0.3 is 5.97 Å². The lowest BCUT2D eigenvalue weighted by Gasteiger charge is -2.15. The molecule has 0 spiro atoms. The molecule has 5 nitrogen and oxygen atoms in total. The Morgan fingerprint density at radius 1 is 1.47 bits per heavy atom. The lowest BCUT2D eigenvalue weighted by molar-refractivity contribution is -0.146.